The molecule has 1 amide bonds. The third-order valence-electron chi connectivity index (χ3n) is 7.89. The van der Waals surface area contributed by atoms with Crippen LogP contribution in [0.4, 0.5) is 0 Å². The number of aliphatic hydroxyl groups is 8. The molecule has 2 saturated heterocycles. The van der Waals surface area contributed by atoms with Gasteiger partial charge in [0, 0.05) is 6.42 Å². The van der Waals surface area contributed by atoms with Gasteiger partial charge in [-0.2, -0.15) is 0 Å². The van der Waals surface area contributed by atoms with Crippen molar-refractivity contribution in [1.82, 2.24) is 5.32 Å². The molecule has 0 aromatic carbocycles. The maximum atomic E-state index is 12.6. The summed E-state index contributed by atoms with van der Waals surface area (Å²) in [5.74, 6) is -0.283. The summed E-state index contributed by atoms with van der Waals surface area (Å²) in [7, 11) is 0. The topological polar surface area (TPSA) is 228 Å². The summed E-state index contributed by atoms with van der Waals surface area (Å²) < 4.78 is 22.2. The minimum atomic E-state index is -1.78. The van der Waals surface area contributed by atoms with Gasteiger partial charge in [0.25, 0.3) is 0 Å². The van der Waals surface area contributed by atoms with E-state index in [0.717, 1.165) is 38.5 Å². The number of rotatable bonds is 20. The average Bonchev–Trinajstić information content (AvgIpc) is 3.03. The molecule has 9 N–H and O–H groups in total. The van der Waals surface area contributed by atoms with Crippen molar-refractivity contribution in [2.45, 2.75) is 145 Å². The van der Waals surface area contributed by atoms with E-state index >= 15 is 0 Å². The predicted molar refractivity (Wildman–Crippen MR) is 161 cm³/mol. The number of hydrogen-bond acceptors (Lipinski definition) is 13. The Kier molecular flexibility index (Phi) is 18.8. The molecule has 2 aliphatic heterocycles. The van der Waals surface area contributed by atoms with Crippen molar-refractivity contribution in [3.05, 3.63) is 24.3 Å². The maximum absolute atomic E-state index is 12.6. The van der Waals surface area contributed by atoms with Gasteiger partial charge in [-0.05, 0) is 25.7 Å². The van der Waals surface area contributed by atoms with E-state index in [1.54, 1.807) is 6.08 Å². The van der Waals surface area contributed by atoms with Crippen LogP contribution in [-0.4, -0.2) is 140 Å². The Morgan fingerprint density at radius 3 is 2.07 bits per heavy atom. The minimum Gasteiger partial charge on any atom is -0.394 e. The Labute approximate surface area is 265 Å². The lowest BCUT2D eigenvalue weighted by atomic mass is 9.97. The summed E-state index contributed by atoms with van der Waals surface area (Å²) in [6.07, 6.45) is -1.91. The first-order valence-electron chi connectivity index (χ1n) is 16.1. The zero-order valence-electron chi connectivity index (χ0n) is 26.3. The second kappa shape index (κ2) is 21.4. The summed E-state index contributed by atoms with van der Waals surface area (Å²) in [5.41, 5.74) is 0. The Balaban J connectivity index is 2.04. The van der Waals surface area contributed by atoms with E-state index in [1.807, 2.05) is 13.0 Å². The summed E-state index contributed by atoms with van der Waals surface area (Å²) in [6, 6.07) is -0.918. The molecule has 2 aliphatic rings. The number of carbonyl (C=O) groups is 1. The predicted octanol–water partition coefficient (Wildman–Crippen LogP) is -0.864. The van der Waals surface area contributed by atoms with E-state index in [1.165, 1.54) is 0 Å². The quantitative estimate of drug-likeness (QED) is 0.0578. The van der Waals surface area contributed by atoms with Crippen LogP contribution in [0.1, 0.15) is 71.6 Å². The number of amides is 1. The van der Waals surface area contributed by atoms with Crippen molar-refractivity contribution in [2.75, 3.05) is 19.8 Å². The third kappa shape index (κ3) is 12.5. The van der Waals surface area contributed by atoms with Crippen LogP contribution < -0.4 is 5.32 Å². The summed E-state index contributed by atoms with van der Waals surface area (Å²) in [4.78, 5) is 12.6. The highest BCUT2D eigenvalue weighted by atomic mass is 16.7. The highest BCUT2D eigenvalue weighted by Crippen LogP contribution is 2.29. The van der Waals surface area contributed by atoms with Gasteiger partial charge in [0.1, 0.15) is 48.8 Å². The zero-order chi connectivity index (χ0) is 33.4. The lowest BCUT2D eigenvalue weighted by molar-refractivity contribution is -0.359. The zero-order valence-corrected chi connectivity index (χ0v) is 26.3. The summed E-state index contributed by atoms with van der Waals surface area (Å²) >= 11 is 0. The summed E-state index contributed by atoms with van der Waals surface area (Å²) in [5, 5.41) is 85.0. The van der Waals surface area contributed by atoms with Crippen LogP contribution in [0.3, 0.4) is 0 Å². The molecule has 12 atom stereocenters. The molecule has 14 heteroatoms. The third-order valence-corrected chi connectivity index (χ3v) is 7.89. The molecular formula is C31H55NO13. The molecule has 14 nitrogen and oxygen atoms in total. The lowest BCUT2D eigenvalue weighted by Crippen LogP contribution is -2.65. The van der Waals surface area contributed by atoms with Crippen molar-refractivity contribution < 1.29 is 64.6 Å². The van der Waals surface area contributed by atoms with Crippen LogP contribution in [-0.2, 0) is 23.7 Å². The van der Waals surface area contributed by atoms with Crippen LogP contribution >= 0.6 is 0 Å². The van der Waals surface area contributed by atoms with Crippen LogP contribution in [0.15, 0.2) is 24.3 Å². The van der Waals surface area contributed by atoms with Gasteiger partial charge in [-0.3, -0.25) is 4.79 Å². The molecule has 0 spiro atoms. The van der Waals surface area contributed by atoms with Gasteiger partial charge >= 0.3 is 0 Å². The Bertz CT molecular complexity index is 872. The largest absolute Gasteiger partial charge is 0.394 e. The number of aliphatic hydroxyl groups excluding tert-OH is 8. The second-order valence-corrected chi connectivity index (χ2v) is 11.6. The van der Waals surface area contributed by atoms with Crippen molar-refractivity contribution in [3.8, 4) is 0 Å². The molecule has 2 fully saturated rings. The first kappa shape index (κ1) is 39.6. The Morgan fingerprint density at radius 1 is 0.778 bits per heavy atom. The van der Waals surface area contributed by atoms with Gasteiger partial charge in [0.2, 0.25) is 5.91 Å². The first-order chi connectivity index (χ1) is 21.6. The Hall–Kier alpha value is -1.53. The van der Waals surface area contributed by atoms with Crippen molar-refractivity contribution in [3.63, 3.8) is 0 Å². The maximum Gasteiger partial charge on any atom is 0.220 e. The van der Waals surface area contributed by atoms with E-state index in [4.69, 9.17) is 18.9 Å². The van der Waals surface area contributed by atoms with Gasteiger partial charge in [-0.1, -0.05) is 63.8 Å². The number of nitrogens with one attached hydrogen (secondary N) is 1. The molecule has 0 bridgehead atoms. The second-order valence-electron chi connectivity index (χ2n) is 11.6. The summed E-state index contributed by atoms with van der Waals surface area (Å²) in [6.45, 7) is 2.41. The molecule has 2 heterocycles. The van der Waals surface area contributed by atoms with Crippen molar-refractivity contribution >= 4 is 5.91 Å². The average molecular weight is 650 g/mol. The smallest absolute Gasteiger partial charge is 0.220 e. The van der Waals surface area contributed by atoms with E-state index in [9.17, 15) is 45.6 Å². The van der Waals surface area contributed by atoms with Crippen molar-refractivity contribution in [2.24, 2.45) is 0 Å². The Morgan fingerprint density at radius 2 is 1.40 bits per heavy atom. The number of ether oxygens (including phenoxy) is 4. The molecule has 0 aromatic heterocycles. The van der Waals surface area contributed by atoms with Gasteiger partial charge in [0.15, 0.2) is 12.6 Å². The van der Waals surface area contributed by atoms with E-state index in [0.29, 0.717) is 12.8 Å². The van der Waals surface area contributed by atoms with Gasteiger partial charge in [-0.15, -0.1) is 0 Å². The number of unbranched alkanes of at least 4 members (excludes halogenated alkanes) is 5. The number of carbonyl (C=O) groups excluding carboxylic acids is 1. The minimum absolute atomic E-state index is 0.258. The van der Waals surface area contributed by atoms with Crippen LogP contribution in [0.5, 0.6) is 0 Å². The monoisotopic (exact) mass is 649 g/mol. The molecule has 0 saturated carbocycles. The number of allylic oxidation sites excluding steroid dienone is 3. The SMILES string of the molecule is CCCC/C=C/CC/C=C/C(O)C(COC1OC(CO)C(OC2OC(CO)C(O)C(O)C2O)C(O)C1O)NC(=O)CCCCC. The van der Waals surface area contributed by atoms with E-state index < -0.39 is 86.8 Å². The fourth-order valence-corrected chi connectivity index (χ4v) is 5.05. The highest BCUT2D eigenvalue weighted by Gasteiger charge is 2.50. The molecule has 262 valence electrons. The number of hydrogen-bond donors (Lipinski definition) is 9. The van der Waals surface area contributed by atoms with Crippen LogP contribution in [0.25, 0.3) is 0 Å². The van der Waals surface area contributed by atoms with Gasteiger partial charge in [0.05, 0.1) is 32.0 Å². The normalized spacial score (nSPS) is 33.9. The highest BCUT2D eigenvalue weighted by molar-refractivity contribution is 5.76. The molecule has 45 heavy (non-hydrogen) atoms. The van der Waals surface area contributed by atoms with E-state index in [2.05, 4.69) is 24.4 Å². The van der Waals surface area contributed by atoms with Gasteiger partial charge in [-0.25, -0.2) is 0 Å². The van der Waals surface area contributed by atoms with E-state index in [-0.39, 0.29) is 18.9 Å². The van der Waals surface area contributed by atoms with Crippen LogP contribution in [0.2, 0.25) is 0 Å². The lowest BCUT2D eigenvalue weighted by Gasteiger charge is -2.46. The molecule has 12 unspecified atom stereocenters. The van der Waals surface area contributed by atoms with Crippen LogP contribution in [0, 0.1) is 0 Å². The van der Waals surface area contributed by atoms with Crippen molar-refractivity contribution in [1.29, 1.82) is 0 Å². The molecular weight excluding hydrogens is 594 g/mol. The fraction of sp³-hybridized carbons (Fsp3) is 0.839. The first-order valence-corrected chi connectivity index (χ1v) is 16.1. The molecule has 0 radical (unpaired) electrons. The molecule has 0 aromatic rings. The van der Waals surface area contributed by atoms with Gasteiger partial charge < -0.3 is 65.1 Å². The molecule has 0 aliphatic carbocycles. The fourth-order valence-electron chi connectivity index (χ4n) is 5.05. The molecule has 2 rings (SSSR count). The standard InChI is InChI=1S/C31H55NO13/c1-3-5-7-8-9-10-11-13-14-20(35)19(32-23(36)15-12-6-4-2)18-42-30-28(41)26(39)29(22(17-34)44-30)45-31-27(40)25(38)24(37)21(16-33)43-31/h8-9,13-14,19-22,24-31,33-35,37-41H,3-7,10-12,15-18H2,1-2H3,(H,32,36)/b9-8+,14-13+.